The molecule has 1 amide bonds. The predicted octanol–water partition coefficient (Wildman–Crippen LogP) is 1.77. The summed E-state index contributed by atoms with van der Waals surface area (Å²) in [5, 5.41) is 4.87. The first-order valence-electron chi connectivity index (χ1n) is 7.75. The Labute approximate surface area is 156 Å². The Morgan fingerprint density at radius 1 is 1.31 bits per heavy atom. The number of piperidine rings is 1. The van der Waals surface area contributed by atoms with Crippen LogP contribution in [0.3, 0.4) is 0 Å². The summed E-state index contributed by atoms with van der Waals surface area (Å²) >= 11 is 0. The van der Waals surface area contributed by atoms with Gasteiger partial charge in [0.05, 0.1) is 4.90 Å². The first-order valence-corrected chi connectivity index (χ1v) is 9.19. The van der Waals surface area contributed by atoms with Crippen LogP contribution in [0, 0.1) is 0 Å². The summed E-state index contributed by atoms with van der Waals surface area (Å²) in [4.78, 5) is 11.7. The zero-order valence-corrected chi connectivity index (χ0v) is 15.7. The molecule has 1 fully saturated rings. The quantitative estimate of drug-likeness (QED) is 0.768. The predicted molar refractivity (Wildman–Crippen MR) is 92.9 cm³/mol. The number of carbonyl (C=O) groups is 1. The van der Waals surface area contributed by atoms with Gasteiger partial charge in [-0.05, 0) is 44.1 Å². The van der Waals surface area contributed by atoms with Crippen LogP contribution < -0.4 is 10.6 Å². The second kappa shape index (κ2) is 9.03. The summed E-state index contributed by atoms with van der Waals surface area (Å²) in [5.74, 6) is -0.973. The van der Waals surface area contributed by atoms with Crippen LogP contribution in [0.4, 0.5) is 13.2 Å². The van der Waals surface area contributed by atoms with E-state index in [1.807, 2.05) is 0 Å². The van der Waals surface area contributed by atoms with Crippen molar-refractivity contribution in [2.75, 3.05) is 26.7 Å². The molecule has 26 heavy (non-hydrogen) atoms. The van der Waals surface area contributed by atoms with E-state index in [2.05, 4.69) is 5.32 Å². The highest BCUT2D eigenvalue weighted by molar-refractivity contribution is 7.89. The first-order chi connectivity index (χ1) is 11.6. The third kappa shape index (κ3) is 5.83. The molecule has 1 aliphatic rings. The lowest BCUT2D eigenvalue weighted by atomic mass is 10.1. The molecule has 0 radical (unpaired) electrons. The molecule has 0 bridgehead atoms. The van der Waals surface area contributed by atoms with Crippen LogP contribution in [0.2, 0.25) is 0 Å². The fourth-order valence-electron chi connectivity index (χ4n) is 2.61. The number of hydrogen-bond acceptors (Lipinski definition) is 4. The topological polar surface area (TPSA) is 78.5 Å². The van der Waals surface area contributed by atoms with Crippen molar-refractivity contribution >= 4 is 28.3 Å². The van der Waals surface area contributed by atoms with E-state index in [9.17, 15) is 26.4 Å². The van der Waals surface area contributed by atoms with Gasteiger partial charge in [0.15, 0.2) is 0 Å². The van der Waals surface area contributed by atoms with Gasteiger partial charge < -0.3 is 10.6 Å². The number of carbonyl (C=O) groups excluding carboxylic acids is 1. The smallest absolute Gasteiger partial charge is 0.343 e. The molecular formula is C15H21ClF3N3O3S. The molecule has 0 unspecified atom stereocenters. The van der Waals surface area contributed by atoms with Crippen molar-refractivity contribution < 1.29 is 26.4 Å². The maximum Gasteiger partial charge on any atom is 0.405 e. The van der Waals surface area contributed by atoms with E-state index in [-0.39, 0.29) is 28.9 Å². The lowest BCUT2D eigenvalue weighted by molar-refractivity contribution is -0.123. The summed E-state index contributed by atoms with van der Waals surface area (Å²) in [6.45, 7) is -0.0490. The monoisotopic (exact) mass is 415 g/mol. The van der Waals surface area contributed by atoms with E-state index in [1.165, 1.54) is 29.6 Å². The first kappa shape index (κ1) is 22.7. The van der Waals surface area contributed by atoms with Crippen molar-refractivity contribution in [3.63, 3.8) is 0 Å². The van der Waals surface area contributed by atoms with Crippen molar-refractivity contribution in [2.24, 2.45) is 0 Å². The van der Waals surface area contributed by atoms with Gasteiger partial charge in [0.1, 0.15) is 6.54 Å². The molecule has 2 N–H and O–H groups in total. The lowest BCUT2D eigenvalue weighted by Gasteiger charge is -2.30. The summed E-state index contributed by atoms with van der Waals surface area (Å²) in [6, 6.07) is 4.88. The van der Waals surface area contributed by atoms with Crippen LogP contribution >= 0.6 is 12.4 Å². The third-order valence-electron chi connectivity index (χ3n) is 4.05. The molecule has 1 heterocycles. The molecule has 1 aromatic carbocycles. The van der Waals surface area contributed by atoms with Gasteiger partial charge >= 0.3 is 6.18 Å². The highest BCUT2D eigenvalue weighted by Gasteiger charge is 2.30. The largest absolute Gasteiger partial charge is 0.405 e. The molecule has 1 aliphatic heterocycles. The Kier molecular flexibility index (Phi) is 7.87. The number of sulfonamides is 1. The van der Waals surface area contributed by atoms with Gasteiger partial charge in [-0.25, -0.2) is 8.42 Å². The zero-order chi connectivity index (χ0) is 18.7. The van der Waals surface area contributed by atoms with Crippen molar-refractivity contribution in [2.45, 2.75) is 30.0 Å². The molecule has 148 valence electrons. The number of benzene rings is 1. The highest BCUT2D eigenvalue weighted by atomic mass is 35.5. The van der Waals surface area contributed by atoms with Gasteiger partial charge in [0.25, 0.3) is 5.91 Å². The Morgan fingerprint density at radius 2 is 1.92 bits per heavy atom. The van der Waals surface area contributed by atoms with E-state index < -0.39 is 28.7 Å². The van der Waals surface area contributed by atoms with Crippen LogP contribution in [-0.4, -0.2) is 57.5 Å². The van der Waals surface area contributed by atoms with E-state index in [1.54, 1.807) is 5.32 Å². The Hall–Kier alpha value is -1.36. The highest BCUT2D eigenvalue weighted by Crippen LogP contribution is 2.22. The zero-order valence-electron chi connectivity index (χ0n) is 14.0. The van der Waals surface area contributed by atoms with Crippen LogP contribution in [-0.2, 0) is 10.0 Å². The number of hydrogen-bond donors (Lipinski definition) is 2. The van der Waals surface area contributed by atoms with Crippen LogP contribution in [0.5, 0.6) is 0 Å². The number of nitrogens with zero attached hydrogens (tertiary/aromatic N) is 1. The lowest BCUT2D eigenvalue weighted by Crippen LogP contribution is -2.43. The molecule has 0 spiro atoms. The van der Waals surface area contributed by atoms with Gasteiger partial charge in [-0.1, -0.05) is 6.07 Å². The van der Waals surface area contributed by atoms with Crippen molar-refractivity contribution in [1.82, 2.24) is 14.9 Å². The maximum absolute atomic E-state index is 12.7. The SMILES string of the molecule is CN(C1CCNCC1)S(=O)(=O)c1cccc(C(=O)NCC(F)(F)F)c1.Cl. The molecule has 0 saturated carbocycles. The molecule has 0 aromatic heterocycles. The Morgan fingerprint density at radius 3 is 2.50 bits per heavy atom. The Bertz CT molecular complexity index is 722. The fourth-order valence-corrected chi connectivity index (χ4v) is 4.08. The molecular weight excluding hydrogens is 395 g/mol. The third-order valence-corrected chi connectivity index (χ3v) is 5.95. The van der Waals surface area contributed by atoms with E-state index in [0.717, 1.165) is 6.07 Å². The summed E-state index contributed by atoms with van der Waals surface area (Å²) in [6.07, 6.45) is -3.20. The van der Waals surface area contributed by atoms with E-state index >= 15 is 0 Å². The molecule has 0 aliphatic carbocycles. The molecule has 2 rings (SSSR count). The van der Waals surface area contributed by atoms with Crippen LogP contribution in [0.15, 0.2) is 29.2 Å². The average Bonchev–Trinajstić information content (AvgIpc) is 2.59. The van der Waals surface area contributed by atoms with Gasteiger partial charge in [-0.2, -0.15) is 17.5 Å². The maximum atomic E-state index is 12.7. The van der Waals surface area contributed by atoms with Crippen molar-refractivity contribution in [3.05, 3.63) is 29.8 Å². The molecule has 1 saturated heterocycles. The molecule has 6 nitrogen and oxygen atoms in total. The summed E-state index contributed by atoms with van der Waals surface area (Å²) < 4.78 is 63.3. The Balaban J connectivity index is 0.00000338. The number of amides is 1. The summed E-state index contributed by atoms with van der Waals surface area (Å²) in [5.41, 5.74) is -0.135. The van der Waals surface area contributed by atoms with Gasteiger partial charge in [-0.3, -0.25) is 4.79 Å². The minimum Gasteiger partial charge on any atom is -0.343 e. The van der Waals surface area contributed by atoms with Gasteiger partial charge in [0.2, 0.25) is 10.0 Å². The molecule has 1 aromatic rings. The minimum absolute atomic E-state index is 0. The standard InChI is InChI=1S/C15H20F3N3O3S.ClH/c1-21(12-5-7-19-8-6-12)25(23,24)13-4-2-3-11(9-13)14(22)20-10-15(16,17)18;/h2-4,9,12,19H,5-8,10H2,1H3,(H,20,22);1H. The number of rotatable bonds is 5. The fraction of sp³-hybridized carbons (Fsp3) is 0.533. The van der Waals surface area contributed by atoms with E-state index in [4.69, 9.17) is 0 Å². The number of alkyl halides is 3. The van der Waals surface area contributed by atoms with Crippen LogP contribution in [0.1, 0.15) is 23.2 Å². The molecule has 0 atom stereocenters. The normalized spacial score (nSPS) is 16.2. The van der Waals surface area contributed by atoms with Crippen LogP contribution in [0.25, 0.3) is 0 Å². The van der Waals surface area contributed by atoms with Crippen molar-refractivity contribution in [1.29, 1.82) is 0 Å². The van der Waals surface area contributed by atoms with Gasteiger partial charge in [-0.15, -0.1) is 12.4 Å². The average molecular weight is 416 g/mol. The molecule has 11 heteroatoms. The number of nitrogens with one attached hydrogen (secondary N) is 2. The van der Waals surface area contributed by atoms with E-state index in [0.29, 0.717) is 25.9 Å². The van der Waals surface area contributed by atoms with Gasteiger partial charge in [0, 0.05) is 18.7 Å². The number of halogens is 4. The minimum atomic E-state index is -4.53. The second-order valence-corrected chi connectivity index (χ2v) is 7.83. The second-order valence-electron chi connectivity index (χ2n) is 5.83. The van der Waals surface area contributed by atoms with Crippen molar-refractivity contribution in [3.8, 4) is 0 Å². The summed E-state index contributed by atoms with van der Waals surface area (Å²) in [7, 11) is -2.36.